The fourth-order valence-electron chi connectivity index (χ4n) is 2.25. The van der Waals surface area contributed by atoms with Crippen LogP contribution in [0.25, 0.3) is 0 Å². The van der Waals surface area contributed by atoms with Crippen LogP contribution in [0.5, 0.6) is 11.5 Å². The van der Waals surface area contributed by atoms with Gasteiger partial charge in [-0.15, -0.1) is 6.58 Å². The molecule has 0 aliphatic carbocycles. The van der Waals surface area contributed by atoms with Gasteiger partial charge in [-0.2, -0.15) is 0 Å². The second-order valence-electron chi connectivity index (χ2n) is 5.26. The number of hydrogen-bond acceptors (Lipinski definition) is 6. The lowest BCUT2D eigenvalue weighted by Gasteiger charge is -2.09. The van der Waals surface area contributed by atoms with E-state index in [0.717, 1.165) is 17.1 Å². The number of carbonyl (C=O) groups excluding carboxylic acids is 1. The van der Waals surface area contributed by atoms with Gasteiger partial charge in [-0.05, 0) is 30.7 Å². The number of amides is 1. The predicted molar refractivity (Wildman–Crippen MR) is 89.2 cm³/mol. The van der Waals surface area contributed by atoms with Gasteiger partial charge < -0.3 is 20.1 Å². The predicted octanol–water partition coefficient (Wildman–Crippen LogP) is 2.04. The third-order valence-corrected chi connectivity index (χ3v) is 3.38. The summed E-state index contributed by atoms with van der Waals surface area (Å²) < 4.78 is 10.6. The minimum Gasteiger partial charge on any atom is -0.454 e. The summed E-state index contributed by atoms with van der Waals surface area (Å²) >= 11 is 0. The molecule has 0 unspecified atom stereocenters. The Morgan fingerprint density at radius 1 is 1.29 bits per heavy atom. The summed E-state index contributed by atoms with van der Waals surface area (Å²) in [5.41, 5.74) is 2.03. The third-order valence-electron chi connectivity index (χ3n) is 3.38. The highest BCUT2D eigenvalue weighted by Gasteiger charge is 2.14. The molecule has 7 heteroatoms. The van der Waals surface area contributed by atoms with Gasteiger partial charge in [0, 0.05) is 18.8 Å². The van der Waals surface area contributed by atoms with Crippen LogP contribution in [-0.2, 0) is 6.54 Å². The van der Waals surface area contributed by atoms with Crippen LogP contribution in [0.3, 0.4) is 0 Å². The summed E-state index contributed by atoms with van der Waals surface area (Å²) in [5, 5.41) is 5.83. The second-order valence-corrected chi connectivity index (χ2v) is 5.26. The standard InChI is InChI=1S/C17H18N4O3/c1-3-6-18-16(22)13-7-11(2)20-17(21-13)19-9-12-4-5-14-15(8-12)24-10-23-14/h3-5,7-8H,1,6,9-10H2,2H3,(H,18,22)(H,19,20,21). The van der Waals surface area contributed by atoms with Crippen LogP contribution in [0.1, 0.15) is 21.7 Å². The molecule has 0 bridgehead atoms. The Morgan fingerprint density at radius 2 is 2.12 bits per heavy atom. The molecule has 1 aliphatic heterocycles. The van der Waals surface area contributed by atoms with E-state index in [2.05, 4.69) is 27.2 Å². The molecule has 2 heterocycles. The van der Waals surface area contributed by atoms with Crippen molar-refractivity contribution in [3.05, 3.63) is 53.9 Å². The molecule has 2 N–H and O–H groups in total. The SMILES string of the molecule is C=CCNC(=O)c1cc(C)nc(NCc2ccc3c(c2)OCO3)n1. The molecule has 24 heavy (non-hydrogen) atoms. The van der Waals surface area contributed by atoms with Gasteiger partial charge in [0.15, 0.2) is 11.5 Å². The molecule has 0 fully saturated rings. The highest BCUT2D eigenvalue weighted by molar-refractivity contribution is 5.92. The molecule has 0 saturated heterocycles. The first-order valence-electron chi connectivity index (χ1n) is 7.53. The Morgan fingerprint density at radius 3 is 2.96 bits per heavy atom. The molecule has 1 aliphatic rings. The molecule has 0 radical (unpaired) electrons. The van der Waals surface area contributed by atoms with Gasteiger partial charge in [0.05, 0.1) is 0 Å². The van der Waals surface area contributed by atoms with E-state index >= 15 is 0 Å². The van der Waals surface area contributed by atoms with Gasteiger partial charge in [-0.3, -0.25) is 4.79 Å². The molecule has 0 atom stereocenters. The lowest BCUT2D eigenvalue weighted by molar-refractivity contribution is 0.0953. The van der Waals surface area contributed by atoms with E-state index in [4.69, 9.17) is 9.47 Å². The first-order chi connectivity index (χ1) is 11.7. The van der Waals surface area contributed by atoms with Gasteiger partial charge in [-0.1, -0.05) is 12.1 Å². The number of rotatable bonds is 6. The molecule has 3 rings (SSSR count). The summed E-state index contributed by atoms with van der Waals surface area (Å²) in [7, 11) is 0. The van der Waals surface area contributed by atoms with Gasteiger partial charge in [0.1, 0.15) is 5.69 Å². The smallest absolute Gasteiger partial charge is 0.270 e. The molecule has 1 aromatic heterocycles. The third kappa shape index (κ3) is 3.62. The van der Waals surface area contributed by atoms with E-state index in [1.807, 2.05) is 25.1 Å². The van der Waals surface area contributed by atoms with Crippen molar-refractivity contribution < 1.29 is 14.3 Å². The zero-order valence-corrected chi connectivity index (χ0v) is 13.3. The Hall–Kier alpha value is -3.09. The van der Waals surface area contributed by atoms with E-state index in [9.17, 15) is 4.79 Å². The molecule has 1 aromatic carbocycles. The van der Waals surface area contributed by atoms with Crippen LogP contribution in [0.4, 0.5) is 5.95 Å². The van der Waals surface area contributed by atoms with E-state index in [-0.39, 0.29) is 12.7 Å². The highest BCUT2D eigenvalue weighted by Crippen LogP contribution is 2.32. The minimum atomic E-state index is -0.258. The molecule has 124 valence electrons. The Balaban J connectivity index is 1.69. The van der Waals surface area contributed by atoms with Crippen LogP contribution in [0.2, 0.25) is 0 Å². The lowest BCUT2D eigenvalue weighted by atomic mass is 10.2. The number of hydrogen-bond donors (Lipinski definition) is 2. The lowest BCUT2D eigenvalue weighted by Crippen LogP contribution is -2.25. The number of nitrogens with one attached hydrogen (secondary N) is 2. The Kier molecular flexibility index (Phi) is 4.60. The van der Waals surface area contributed by atoms with Gasteiger partial charge in [0.25, 0.3) is 5.91 Å². The fourth-order valence-corrected chi connectivity index (χ4v) is 2.25. The van der Waals surface area contributed by atoms with Crippen molar-refractivity contribution in [2.24, 2.45) is 0 Å². The van der Waals surface area contributed by atoms with Gasteiger partial charge in [-0.25, -0.2) is 9.97 Å². The average molecular weight is 326 g/mol. The maximum Gasteiger partial charge on any atom is 0.270 e. The first-order valence-corrected chi connectivity index (χ1v) is 7.53. The molecule has 2 aromatic rings. The molecule has 0 spiro atoms. The van der Waals surface area contributed by atoms with Crippen molar-refractivity contribution in [2.75, 3.05) is 18.7 Å². The quantitative estimate of drug-likeness (QED) is 0.790. The minimum absolute atomic E-state index is 0.246. The van der Waals surface area contributed by atoms with Crippen molar-refractivity contribution in [3.63, 3.8) is 0 Å². The van der Waals surface area contributed by atoms with Crippen LogP contribution >= 0.6 is 0 Å². The second kappa shape index (κ2) is 6.99. The number of nitrogens with zero attached hydrogens (tertiary/aromatic N) is 2. The monoisotopic (exact) mass is 326 g/mol. The molecular weight excluding hydrogens is 308 g/mol. The fraction of sp³-hybridized carbons (Fsp3) is 0.235. The summed E-state index contributed by atoms with van der Waals surface area (Å²) in [5.74, 6) is 1.61. The normalized spacial score (nSPS) is 11.9. The van der Waals surface area contributed by atoms with E-state index in [0.29, 0.717) is 30.4 Å². The maximum atomic E-state index is 12.0. The molecule has 1 amide bonds. The van der Waals surface area contributed by atoms with Crippen molar-refractivity contribution in [1.82, 2.24) is 15.3 Å². The summed E-state index contributed by atoms with van der Waals surface area (Å²) in [6.07, 6.45) is 1.62. The topological polar surface area (TPSA) is 85.4 Å². The number of anilines is 1. The Labute approximate surface area is 139 Å². The van der Waals surface area contributed by atoms with Crippen LogP contribution < -0.4 is 20.1 Å². The average Bonchev–Trinajstić information content (AvgIpc) is 3.05. The van der Waals surface area contributed by atoms with Gasteiger partial charge >= 0.3 is 0 Å². The van der Waals surface area contributed by atoms with Gasteiger partial charge in [0.2, 0.25) is 12.7 Å². The summed E-state index contributed by atoms with van der Waals surface area (Å²) in [6.45, 7) is 6.53. The number of aromatic nitrogens is 2. The first kappa shape index (κ1) is 15.8. The number of benzene rings is 1. The van der Waals surface area contributed by atoms with Crippen LogP contribution in [-0.4, -0.2) is 29.2 Å². The van der Waals surface area contributed by atoms with Crippen molar-refractivity contribution in [2.45, 2.75) is 13.5 Å². The van der Waals surface area contributed by atoms with Crippen molar-refractivity contribution in [1.29, 1.82) is 0 Å². The zero-order chi connectivity index (χ0) is 16.9. The molecule has 7 nitrogen and oxygen atoms in total. The molecular formula is C17H18N4O3. The molecule has 0 saturated carbocycles. The van der Waals surface area contributed by atoms with Crippen LogP contribution in [0.15, 0.2) is 36.9 Å². The summed E-state index contributed by atoms with van der Waals surface area (Å²) in [4.78, 5) is 20.6. The van der Waals surface area contributed by atoms with E-state index < -0.39 is 0 Å². The van der Waals surface area contributed by atoms with E-state index in [1.54, 1.807) is 12.1 Å². The van der Waals surface area contributed by atoms with Crippen LogP contribution in [0, 0.1) is 6.92 Å². The van der Waals surface area contributed by atoms with Crippen molar-refractivity contribution in [3.8, 4) is 11.5 Å². The highest BCUT2D eigenvalue weighted by atomic mass is 16.7. The maximum absolute atomic E-state index is 12.0. The number of carbonyl (C=O) groups is 1. The number of fused-ring (bicyclic) bond motifs is 1. The zero-order valence-electron chi connectivity index (χ0n) is 13.3. The Bertz CT molecular complexity index is 776. The largest absolute Gasteiger partial charge is 0.454 e. The van der Waals surface area contributed by atoms with E-state index in [1.165, 1.54) is 0 Å². The number of ether oxygens (including phenoxy) is 2. The summed E-state index contributed by atoms with van der Waals surface area (Å²) in [6, 6.07) is 7.35. The number of aryl methyl sites for hydroxylation is 1. The van der Waals surface area contributed by atoms with Crippen molar-refractivity contribution >= 4 is 11.9 Å².